The molecule has 0 saturated carbocycles. The van der Waals surface area contributed by atoms with Crippen LogP contribution in [0.2, 0.25) is 0 Å². The largest absolute Gasteiger partial charge is 0.349 e. The second-order valence-electron chi connectivity index (χ2n) is 3.27. The normalized spacial score (nSPS) is 9.93. The molecule has 1 aromatic rings. The third-order valence-corrected chi connectivity index (χ3v) is 1.91. The standard InChI is InChI=1S/C11H17N3O/c1-2-6-12-9-11(15)14-8-10-5-3-4-7-13-10/h3-5,7,12H,2,6,8-9H2,1H3,(H,14,15). The summed E-state index contributed by atoms with van der Waals surface area (Å²) in [5.74, 6) is 0.00843. The van der Waals surface area contributed by atoms with Crippen LogP contribution in [-0.2, 0) is 11.3 Å². The Labute approximate surface area is 90.1 Å². The predicted molar refractivity (Wildman–Crippen MR) is 59.2 cm³/mol. The Bertz CT molecular complexity index is 287. The first-order valence-electron chi connectivity index (χ1n) is 5.20. The van der Waals surface area contributed by atoms with E-state index in [2.05, 4.69) is 22.5 Å². The first-order valence-corrected chi connectivity index (χ1v) is 5.20. The number of carbonyl (C=O) groups excluding carboxylic acids is 1. The molecule has 0 aliphatic rings. The van der Waals surface area contributed by atoms with Gasteiger partial charge in [0.25, 0.3) is 0 Å². The number of rotatable bonds is 6. The summed E-state index contributed by atoms with van der Waals surface area (Å²) in [6.07, 6.45) is 2.75. The molecule has 0 aromatic carbocycles. The van der Waals surface area contributed by atoms with Crippen molar-refractivity contribution in [2.45, 2.75) is 19.9 Å². The highest BCUT2D eigenvalue weighted by atomic mass is 16.1. The lowest BCUT2D eigenvalue weighted by Gasteiger charge is -2.05. The molecule has 1 amide bonds. The van der Waals surface area contributed by atoms with Crippen LogP contribution in [0.15, 0.2) is 24.4 Å². The van der Waals surface area contributed by atoms with Crippen LogP contribution in [0.3, 0.4) is 0 Å². The molecule has 0 fully saturated rings. The number of pyridine rings is 1. The topological polar surface area (TPSA) is 54.0 Å². The van der Waals surface area contributed by atoms with Crippen LogP contribution in [-0.4, -0.2) is 24.0 Å². The van der Waals surface area contributed by atoms with Gasteiger partial charge in [-0.3, -0.25) is 9.78 Å². The van der Waals surface area contributed by atoms with Crippen LogP contribution >= 0.6 is 0 Å². The smallest absolute Gasteiger partial charge is 0.234 e. The fourth-order valence-electron chi connectivity index (χ4n) is 1.13. The van der Waals surface area contributed by atoms with E-state index in [1.165, 1.54) is 0 Å². The number of amides is 1. The molecule has 82 valence electrons. The molecule has 0 spiro atoms. The van der Waals surface area contributed by atoms with E-state index < -0.39 is 0 Å². The number of aromatic nitrogens is 1. The fraction of sp³-hybridized carbons (Fsp3) is 0.455. The molecule has 1 rings (SSSR count). The first-order chi connectivity index (χ1) is 7.33. The van der Waals surface area contributed by atoms with Gasteiger partial charge in [0.2, 0.25) is 5.91 Å². The number of hydrogen-bond acceptors (Lipinski definition) is 3. The van der Waals surface area contributed by atoms with Crippen molar-refractivity contribution in [1.29, 1.82) is 0 Å². The summed E-state index contributed by atoms with van der Waals surface area (Å²) in [7, 11) is 0. The molecular weight excluding hydrogens is 190 g/mol. The lowest BCUT2D eigenvalue weighted by molar-refractivity contribution is -0.120. The van der Waals surface area contributed by atoms with Gasteiger partial charge in [-0.2, -0.15) is 0 Å². The minimum atomic E-state index is 0.00843. The van der Waals surface area contributed by atoms with Crippen molar-refractivity contribution < 1.29 is 4.79 Å². The van der Waals surface area contributed by atoms with Crippen LogP contribution in [0.25, 0.3) is 0 Å². The van der Waals surface area contributed by atoms with E-state index in [0.29, 0.717) is 13.1 Å². The summed E-state index contributed by atoms with van der Waals surface area (Å²) >= 11 is 0. The maximum atomic E-state index is 11.3. The molecule has 0 saturated heterocycles. The van der Waals surface area contributed by atoms with Crippen molar-refractivity contribution >= 4 is 5.91 Å². The van der Waals surface area contributed by atoms with Crippen molar-refractivity contribution in [3.63, 3.8) is 0 Å². The van der Waals surface area contributed by atoms with Crippen molar-refractivity contribution in [1.82, 2.24) is 15.6 Å². The summed E-state index contributed by atoms with van der Waals surface area (Å²) in [6, 6.07) is 5.65. The highest BCUT2D eigenvalue weighted by Gasteiger charge is 1.99. The Morgan fingerprint density at radius 3 is 3.00 bits per heavy atom. The maximum Gasteiger partial charge on any atom is 0.234 e. The van der Waals surface area contributed by atoms with Gasteiger partial charge in [0.15, 0.2) is 0 Å². The van der Waals surface area contributed by atoms with Gasteiger partial charge in [-0.15, -0.1) is 0 Å². The van der Waals surface area contributed by atoms with Crippen LogP contribution in [0.5, 0.6) is 0 Å². The quantitative estimate of drug-likeness (QED) is 0.675. The summed E-state index contributed by atoms with van der Waals surface area (Å²) in [5, 5.41) is 5.83. The maximum absolute atomic E-state index is 11.3. The van der Waals surface area contributed by atoms with Crippen molar-refractivity contribution in [3.8, 4) is 0 Å². The molecule has 0 atom stereocenters. The van der Waals surface area contributed by atoms with Gasteiger partial charge in [0.1, 0.15) is 0 Å². The molecule has 0 unspecified atom stereocenters. The summed E-state index contributed by atoms with van der Waals surface area (Å²) < 4.78 is 0. The lowest BCUT2D eigenvalue weighted by atomic mass is 10.3. The highest BCUT2D eigenvalue weighted by Crippen LogP contribution is 1.91. The van der Waals surface area contributed by atoms with Gasteiger partial charge in [0, 0.05) is 6.20 Å². The summed E-state index contributed by atoms with van der Waals surface area (Å²) in [4.78, 5) is 15.4. The van der Waals surface area contributed by atoms with Crippen LogP contribution in [0.1, 0.15) is 19.0 Å². The zero-order valence-electron chi connectivity index (χ0n) is 8.99. The van der Waals surface area contributed by atoms with Crippen LogP contribution in [0, 0.1) is 0 Å². The monoisotopic (exact) mass is 207 g/mol. The molecule has 0 radical (unpaired) electrons. The van der Waals surface area contributed by atoms with Crippen molar-refractivity contribution in [2.75, 3.05) is 13.1 Å². The second kappa shape index (κ2) is 6.95. The fourth-order valence-corrected chi connectivity index (χ4v) is 1.13. The van der Waals surface area contributed by atoms with Gasteiger partial charge in [0.05, 0.1) is 18.8 Å². The molecule has 0 bridgehead atoms. The zero-order valence-corrected chi connectivity index (χ0v) is 8.99. The Balaban J connectivity index is 2.17. The highest BCUT2D eigenvalue weighted by molar-refractivity contribution is 5.77. The average molecular weight is 207 g/mol. The van der Waals surface area contributed by atoms with Gasteiger partial charge in [-0.1, -0.05) is 13.0 Å². The molecule has 1 aromatic heterocycles. The van der Waals surface area contributed by atoms with E-state index in [1.54, 1.807) is 6.20 Å². The van der Waals surface area contributed by atoms with E-state index in [4.69, 9.17) is 0 Å². The van der Waals surface area contributed by atoms with E-state index in [0.717, 1.165) is 18.7 Å². The van der Waals surface area contributed by atoms with Gasteiger partial charge < -0.3 is 10.6 Å². The number of carbonyl (C=O) groups is 1. The molecule has 15 heavy (non-hydrogen) atoms. The van der Waals surface area contributed by atoms with Crippen molar-refractivity contribution in [2.24, 2.45) is 0 Å². The summed E-state index contributed by atoms with van der Waals surface area (Å²) in [6.45, 7) is 3.81. The Kier molecular flexibility index (Phi) is 5.40. The molecule has 0 aliphatic heterocycles. The van der Waals surface area contributed by atoms with Gasteiger partial charge in [-0.25, -0.2) is 0 Å². The Morgan fingerprint density at radius 1 is 1.47 bits per heavy atom. The molecular formula is C11H17N3O. The minimum absolute atomic E-state index is 0.00843. The zero-order chi connectivity index (χ0) is 10.9. The molecule has 1 heterocycles. The lowest BCUT2D eigenvalue weighted by Crippen LogP contribution is -2.33. The van der Waals surface area contributed by atoms with Crippen LogP contribution < -0.4 is 10.6 Å². The summed E-state index contributed by atoms with van der Waals surface area (Å²) in [5.41, 5.74) is 0.876. The average Bonchev–Trinajstić information content (AvgIpc) is 2.28. The van der Waals surface area contributed by atoms with Crippen LogP contribution in [0.4, 0.5) is 0 Å². The molecule has 4 heteroatoms. The van der Waals surface area contributed by atoms with E-state index in [-0.39, 0.29) is 5.91 Å². The molecule has 0 aliphatic carbocycles. The van der Waals surface area contributed by atoms with E-state index in [9.17, 15) is 4.79 Å². The predicted octanol–water partition coefficient (Wildman–Crippen LogP) is 0.697. The third-order valence-electron chi connectivity index (χ3n) is 1.91. The minimum Gasteiger partial charge on any atom is -0.349 e. The SMILES string of the molecule is CCCNCC(=O)NCc1ccccn1. The van der Waals surface area contributed by atoms with Crippen molar-refractivity contribution in [3.05, 3.63) is 30.1 Å². The third kappa shape index (κ3) is 5.12. The number of nitrogens with zero attached hydrogens (tertiary/aromatic N) is 1. The molecule has 2 N–H and O–H groups in total. The Hall–Kier alpha value is -1.42. The van der Waals surface area contributed by atoms with E-state index in [1.807, 2.05) is 18.2 Å². The Morgan fingerprint density at radius 2 is 2.33 bits per heavy atom. The van der Waals surface area contributed by atoms with E-state index >= 15 is 0 Å². The number of nitrogens with one attached hydrogen (secondary N) is 2. The first kappa shape index (κ1) is 11.7. The van der Waals surface area contributed by atoms with Gasteiger partial charge in [-0.05, 0) is 25.1 Å². The second-order valence-corrected chi connectivity index (χ2v) is 3.27. The molecule has 4 nitrogen and oxygen atoms in total. The van der Waals surface area contributed by atoms with Gasteiger partial charge >= 0.3 is 0 Å². The number of hydrogen-bond donors (Lipinski definition) is 2.